The fraction of sp³-hybridized carbons (Fsp3) is 0.562. The van der Waals surface area contributed by atoms with E-state index >= 15 is 0 Å². The molecule has 0 bridgehead atoms. The molecule has 0 spiro atoms. The number of carboxylic acids is 1. The van der Waals surface area contributed by atoms with Crippen LogP contribution in [0.15, 0.2) is 24.3 Å². The van der Waals surface area contributed by atoms with Gasteiger partial charge in [-0.1, -0.05) is 19.1 Å². The van der Waals surface area contributed by atoms with Crippen LogP contribution in [0.3, 0.4) is 0 Å². The van der Waals surface area contributed by atoms with Crippen LogP contribution in [-0.4, -0.2) is 41.7 Å². The third-order valence-electron chi connectivity index (χ3n) is 3.73. The van der Waals surface area contributed by atoms with Crippen LogP contribution in [0.5, 0.6) is 5.75 Å². The second-order valence-corrected chi connectivity index (χ2v) is 5.22. The highest BCUT2D eigenvalue weighted by Gasteiger charge is 2.21. The van der Waals surface area contributed by atoms with Gasteiger partial charge in [0.25, 0.3) is 0 Å². The van der Waals surface area contributed by atoms with E-state index in [1.165, 1.54) is 5.56 Å². The van der Waals surface area contributed by atoms with Crippen LogP contribution in [0, 0.1) is 0 Å². The minimum atomic E-state index is -0.771. The predicted molar refractivity (Wildman–Crippen MR) is 80.3 cm³/mol. The summed E-state index contributed by atoms with van der Waals surface area (Å²) < 4.78 is 5.14. The smallest absolute Gasteiger partial charge is 0.317 e. The van der Waals surface area contributed by atoms with Crippen molar-refractivity contribution in [1.29, 1.82) is 0 Å². The van der Waals surface area contributed by atoms with Gasteiger partial charge in [-0.15, -0.1) is 0 Å². The molecule has 0 radical (unpaired) electrons. The van der Waals surface area contributed by atoms with Crippen molar-refractivity contribution in [3.8, 4) is 5.75 Å². The fourth-order valence-electron chi connectivity index (χ4n) is 2.36. The Morgan fingerprint density at radius 1 is 1.25 bits per heavy atom. The second kappa shape index (κ2) is 7.90. The molecule has 112 valence electrons. The summed E-state index contributed by atoms with van der Waals surface area (Å²) in [5.74, 6) is 0.0672. The molecule has 2 atom stereocenters. The molecule has 2 unspecified atom stereocenters. The van der Waals surface area contributed by atoms with Crippen LogP contribution in [0.25, 0.3) is 0 Å². The maximum atomic E-state index is 11.0. The standard InChI is InChI=1S/C16H25NO3/c1-5-12(2)17(11-16(18)19)13(3)10-14-6-8-15(20-4)9-7-14/h6-9,12-13H,5,10-11H2,1-4H3,(H,18,19). The summed E-state index contributed by atoms with van der Waals surface area (Å²) in [5.41, 5.74) is 1.19. The molecule has 4 nitrogen and oxygen atoms in total. The van der Waals surface area contributed by atoms with Gasteiger partial charge in [-0.2, -0.15) is 0 Å². The van der Waals surface area contributed by atoms with Crippen LogP contribution >= 0.6 is 0 Å². The Bertz CT molecular complexity index is 416. The van der Waals surface area contributed by atoms with Crippen LogP contribution < -0.4 is 4.74 Å². The number of carboxylic acid groups (broad SMARTS) is 1. The van der Waals surface area contributed by atoms with Gasteiger partial charge >= 0.3 is 5.97 Å². The SMILES string of the molecule is CCC(C)N(CC(=O)O)C(C)Cc1ccc(OC)cc1. The quantitative estimate of drug-likeness (QED) is 0.795. The van der Waals surface area contributed by atoms with Gasteiger partial charge in [0, 0.05) is 12.1 Å². The molecule has 1 aromatic rings. The first-order chi connectivity index (χ1) is 9.47. The minimum Gasteiger partial charge on any atom is -0.497 e. The molecule has 1 aromatic carbocycles. The lowest BCUT2D eigenvalue weighted by atomic mass is 10.0. The van der Waals surface area contributed by atoms with Crippen LogP contribution in [0.1, 0.15) is 32.8 Å². The van der Waals surface area contributed by atoms with Gasteiger partial charge in [0.2, 0.25) is 0 Å². The summed E-state index contributed by atoms with van der Waals surface area (Å²) in [5, 5.41) is 9.05. The van der Waals surface area contributed by atoms with Crippen molar-refractivity contribution in [2.75, 3.05) is 13.7 Å². The Kier molecular flexibility index (Phi) is 6.52. The Labute approximate surface area is 121 Å². The molecule has 0 amide bonds. The number of rotatable bonds is 8. The third-order valence-corrected chi connectivity index (χ3v) is 3.73. The van der Waals surface area contributed by atoms with E-state index in [0.29, 0.717) is 0 Å². The molecule has 0 fully saturated rings. The van der Waals surface area contributed by atoms with Crippen LogP contribution in [0.2, 0.25) is 0 Å². The Balaban J connectivity index is 2.73. The first-order valence-electron chi connectivity index (χ1n) is 7.08. The Hall–Kier alpha value is -1.55. The molecule has 0 aliphatic heterocycles. The maximum Gasteiger partial charge on any atom is 0.317 e. The Morgan fingerprint density at radius 2 is 1.85 bits per heavy atom. The highest BCUT2D eigenvalue weighted by atomic mass is 16.5. The van der Waals surface area contributed by atoms with Crippen molar-refractivity contribution in [3.05, 3.63) is 29.8 Å². The van der Waals surface area contributed by atoms with Gasteiger partial charge in [-0.05, 0) is 44.4 Å². The number of nitrogens with zero attached hydrogens (tertiary/aromatic N) is 1. The average molecular weight is 279 g/mol. The van der Waals surface area contributed by atoms with Gasteiger partial charge in [0.15, 0.2) is 0 Å². The van der Waals surface area contributed by atoms with Crippen molar-refractivity contribution in [3.63, 3.8) is 0 Å². The van der Waals surface area contributed by atoms with Gasteiger partial charge in [0.1, 0.15) is 5.75 Å². The summed E-state index contributed by atoms with van der Waals surface area (Å²) in [6, 6.07) is 8.39. The van der Waals surface area contributed by atoms with E-state index < -0.39 is 5.97 Å². The van der Waals surface area contributed by atoms with Crippen molar-refractivity contribution in [2.45, 2.75) is 45.7 Å². The van der Waals surface area contributed by atoms with E-state index in [2.05, 4.69) is 20.8 Å². The number of methoxy groups -OCH3 is 1. The van der Waals surface area contributed by atoms with E-state index in [0.717, 1.165) is 18.6 Å². The van der Waals surface area contributed by atoms with Gasteiger partial charge < -0.3 is 9.84 Å². The number of hydrogen-bond acceptors (Lipinski definition) is 3. The molecular weight excluding hydrogens is 254 g/mol. The summed E-state index contributed by atoms with van der Waals surface area (Å²) in [6.45, 7) is 6.33. The molecule has 1 N–H and O–H groups in total. The highest BCUT2D eigenvalue weighted by molar-refractivity contribution is 5.69. The molecular formula is C16H25NO3. The summed E-state index contributed by atoms with van der Waals surface area (Å²) in [6.07, 6.45) is 1.78. The van der Waals surface area contributed by atoms with Crippen LogP contribution in [0.4, 0.5) is 0 Å². The van der Waals surface area contributed by atoms with E-state index in [4.69, 9.17) is 9.84 Å². The number of hydrogen-bond donors (Lipinski definition) is 1. The van der Waals surface area contributed by atoms with E-state index in [-0.39, 0.29) is 18.6 Å². The van der Waals surface area contributed by atoms with E-state index in [1.807, 2.05) is 29.2 Å². The lowest BCUT2D eigenvalue weighted by Gasteiger charge is -2.32. The zero-order valence-electron chi connectivity index (χ0n) is 12.8. The van der Waals surface area contributed by atoms with Crippen molar-refractivity contribution >= 4 is 5.97 Å². The average Bonchev–Trinajstić information content (AvgIpc) is 2.44. The molecule has 0 heterocycles. The second-order valence-electron chi connectivity index (χ2n) is 5.22. The molecule has 1 rings (SSSR count). The number of carbonyl (C=O) groups is 1. The van der Waals surface area contributed by atoms with Gasteiger partial charge in [-0.25, -0.2) is 0 Å². The molecule has 20 heavy (non-hydrogen) atoms. The lowest BCUT2D eigenvalue weighted by Crippen LogP contribution is -2.44. The molecule has 4 heteroatoms. The van der Waals surface area contributed by atoms with Gasteiger partial charge in [0.05, 0.1) is 13.7 Å². The fourth-order valence-corrected chi connectivity index (χ4v) is 2.36. The first-order valence-corrected chi connectivity index (χ1v) is 7.08. The minimum absolute atomic E-state index is 0.0896. The number of benzene rings is 1. The highest BCUT2D eigenvalue weighted by Crippen LogP contribution is 2.16. The zero-order valence-corrected chi connectivity index (χ0v) is 12.8. The van der Waals surface area contributed by atoms with Crippen molar-refractivity contribution < 1.29 is 14.6 Å². The first kappa shape index (κ1) is 16.5. The molecule has 0 aromatic heterocycles. The third kappa shape index (κ3) is 4.85. The van der Waals surface area contributed by atoms with E-state index in [9.17, 15) is 4.79 Å². The largest absolute Gasteiger partial charge is 0.497 e. The van der Waals surface area contributed by atoms with Crippen molar-refractivity contribution in [2.24, 2.45) is 0 Å². The number of ether oxygens (including phenoxy) is 1. The predicted octanol–water partition coefficient (Wildman–Crippen LogP) is 2.81. The summed E-state index contributed by atoms with van der Waals surface area (Å²) >= 11 is 0. The molecule has 0 saturated carbocycles. The van der Waals surface area contributed by atoms with Crippen LogP contribution in [-0.2, 0) is 11.2 Å². The Morgan fingerprint density at radius 3 is 2.30 bits per heavy atom. The maximum absolute atomic E-state index is 11.0. The zero-order chi connectivity index (χ0) is 15.1. The summed E-state index contributed by atoms with van der Waals surface area (Å²) in [7, 11) is 1.65. The monoisotopic (exact) mass is 279 g/mol. The van der Waals surface area contributed by atoms with Gasteiger partial charge in [-0.3, -0.25) is 9.69 Å². The van der Waals surface area contributed by atoms with E-state index in [1.54, 1.807) is 7.11 Å². The topological polar surface area (TPSA) is 49.8 Å². The molecule has 0 aliphatic rings. The van der Waals surface area contributed by atoms with Crippen molar-refractivity contribution in [1.82, 2.24) is 4.90 Å². The molecule has 0 aliphatic carbocycles. The number of aliphatic carboxylic acids is 1. The normalized spacial score (nSPS) is 14.1. The lowest BCUT2D eigenvalue weighted by molar-refractivity contribution is -0.139. The molecule has 0 saturated heterocycles. The summed E-state index contributed by atoms with van der Waals surface area (Å²) in [4.78, 5) is 13.1.